The van der Waals surface area contributed by atoms with Crippen molar-refractivity contribution in [3.63, 3.8) is 0 Å². The summed E-state index contributed by atoms with van der Waals surface area (Å²) >= 11 is 0. The van der Waals surface area contributed by atoms with Crippen LogP contribution in [-0.2, 0) is 11.3 Å². The summed E-state index contributed by atoms with van der Waals surface area (Å²) in [5, 5.41) is 8.62. The van der Waals surface area contributed by atoms with Gasteiger partial charge in [0.05, 0.1) is 19.3 Å². The van der Waals surface area contributed by atoms with Crippen LogP contribution >= 0.6 is 0 Å². The fraction of sp³-hybridized carbons (Fsp3) is 0.474. The smallest absolute Gasteiger partial charge is 0.272 e. The maximum Gasteiger partial charge on any atom is 0.272 e. The third-order valence-electron chi connectivity index (χ3n) is 5.37. The molecule has 0 aromatic carbocycles. The lowest BCUT2D eigenvalue weighted by Crippen LogP contribution is -2.47. The van der Waals surface area contributed by atoms with Crippen LogP contribution in [0.4, 0.5) is 5.82 Å². The van der Waals surface area contributed by atoms with Crippen LogP contribution in [0.15, 0.2) is 30.7 Å². The molecule has 0 saturated carbocycles. The summed E-state index contributed by atoms with van der Waals surface area (Å²) in [6.07, 6.45) is 5.33. The van der Waals surface area contributed by atoms with Gasteiger partial charge in [0.1, 0.15) is 12.0 Å². The lowest BCUT2D eigenvalue weighted by molar-refractivity contribution is -0.0299. The SMILES string of the molecule is O=C(c1ccccn1)N1CCOC(Cn2nnc3c(N4CCCC4)ncnc32)C1. The second-order valence-electron chi connectivity index (χ2n) is 7.29. The molecule has 0 aliphatic carbocycles. The fourth-order valence-electron chi connectivity index (χ4n) is 3.92. The maximum atomic E-state index is 12.7. The molecule has 5 heterocycles. The van der Waals surface area contributed by atoms with Gasteiger partial charge in [0.15, 0.2) is 17.0 Å². The Morgan fingerprint density at radius 2 is 2.03 bits per heavy atom. The number of hydrogen-bond acceptors (Lipinski definition) is 8. The molecule has 1 unspecified atom stereocenters. The van der Waals surface area contributed by atoms with Gasteiger partial charge in [-0.2, -0.15) is 0 Å². The Balaban J connectivity index is 1.33. The Labute approximate surface area is 167 Å². The van der Waals surface area contributed by atoms with Crippen LogP contribution in [0.5, 0.6) is 0 Å². The van der Waals surface area contributed by atoms with Crippen molar-refractivity contribution in [2.24, 2.45) is 0 Å². The highest BCUT2D eigenvalue weighted by molar-refractivity contribution is 5.92. The second-order valence-corrected chi connectivity index (χ2v) is 7.29. The van der Waals surface area contributed by atoms with E-state index in [-0.39, 0.29) is 12.0 Å². The number of nitrogens with zero attached hydrogens (tertiary/aromatic N) is 8. The molecule has 10 heteroatoms. The van der Waals surface area contributed by atoms with E-state index in [0.717, 1.165) is 31.7 Å². The summed E-state index contributed by atoms with van der Waals surface area (Å²) in [7, 11) is 0. The molecular weight excluding hydrogens is 372 g/mol. The molecule has 3 aromatic heterocycles. The van der Waals surface area contributed by atoms with Crippen molar-refractivity contribution >= 4 is 22.9 Å². The van der Waals surface area contributed by atoms with Crippen molar-refractivity contribution in [1.82, 2.24) is 34.8 Å². The summed E-state index contributed by atoms with van der Waals surface area (Å²) in [5.74, 6) is 0.760. The molecule has 2 saturated heterocycles. The largest absolute Gasteiger partial charge is 0.373 e. The van der Waals surface area contributed by atoms with Gasteiger partial charge < -0.3 is 14.5 Å². The van der Waals surface area contributed by atoms with Crippen LogP contribution in [0.2, 0.25) is 0 Å². The van der Waals surface area contributed by atoms with Gasteiger partial charge in [-0.15, -0.1) is 5.10 Å². The van der Waals surface area contributed by atoms with Gasteiger partial charge in [-0.25, -0.2) is 14.6 Å². The molecule has 0 N–H and O–H groups in total. The van der Waals surface area contributed by atoms with Crippen molar-refractivity contribution in [3.8, 4) is 0 Å². The number of pyridine rings is 1. The number of amides is 1. The molecule has 10 nitrogen and oxygen atoms in total. The Morgan fingerprint density at radius 3 is 2.86 bits per heavy atom. The van der Waals surface area contributed by atoms with E-state index in [1.54, 1.807) is 34.2 Å². The third kappa shape index (κ3) is 3.51. The molecule has 1 amide bonds. The molecule has 1 atom stereocenters. The van der Waals surface area contributed by atoms with Gasteiger partial charge in [-0.1, -0.05) is 11.3 Å². The minimum Gasteiger partial charge on any atom is -0.373 e. The normalized spacial score (nSPS) is 19.8. The predicted octanol–water partition coefficient (Wildman–Crippen LogP) is 0.758. The van der Waals surface area contributed by atoms with E-state index >= 15 is 0 Å². The highest BCUT2D eigenvalue weighted by Gasteiger charge is 2.27. The van der Waals surface area contributed by atoms with Gasteiger partial charge in [-0.3, -0.25) is 9.78 Å². The van der Waals surface area contributed by atoms with Gasteiger partial charge in [0, 0.05) is 32.4 Å². The number of carbonyl (C=O) groups is 1. The zero-order valence-electron chi connectivity index (χ0n) is 16.0. The van der Waals surface area contributed by atoms with Crippen LogP contribution in [0.25, 0.3) is 11.2 Å². The van der Waals surface area contributed by atoms with Crippen LogP contribution in [0, 0.1) is 0 Å². The van der Waals surface area contributed by atoms with Gasteiger partial charge in [0.25, 0.3) is 5.91 Å². The summed E-state index contributed by atoms with van der Waals surface area (Å²) in [4.78, 5) is 29.7. The molecule has 3 aromatic rings. The first-order valence-electron chi connectivity index (χ1n) is 9.90. The number of rotatable bonds is 4. The van der Waals surface area contributed by atoms with Crippen molar-refractivity contribution in [2.75, 3.05) is 37.7 Å². The van der Waals surface area contributed by atoms with E-state index in [9.17, 15) is 4.79 Å². The molecule has 0 spiro atoms. The van der Waals surface area contributed by atoms with E-state index in [2.05, 4.69) is 30.2 Å². The summed E-state index contributed by atoms with van der Waals surface area (Å²) in [5.41, 5.74) is 1.85. The third-order valence-corrected chi connectivity index (χ3v) is 5.37. The molecular formula is C19H22N8O2. The molecule has 150 valence electrons. The lowest BCUT2D eigenvalue weighted by atomic mass is 10.2. The van der Waals surface area contributed by atoms with Crippen LogP contribution in [-0.4, -0.2) is 79.6 Å². The van der Waals surface area contributed by atoms with Crippen molar-refractivity contribution in [2.45, 2.75) is 25.5 Å². The Hall–Kier alpha value is -3.14. The fourth-order valence-corrected chi connectivity index (χ4v) is 3.92. The first-order valence-corrected chi connectivity index (χ1v) is 9.90. The standard InChI is InChI=1S/C19H22N8O2/c28-19(15-5-1-2-6-20-15)26-9-10-29-14(11-26)12-27-18-16(23-24-27)17(21-13-22-18)25-7-3-4-8-25/h1-2,5-6,13-14H,3-4,7-12H2. The van der Waals surface area contributed by atoms with Crippen LogP contribution in [0.1, 0.15) is 23.3 Å². The first kappa shape index (κ1) is 17.9. The zero-order valence-corrected chi connectivity index (χ0v) is 16.0. The van der Waals surface area contributed by atoms with Gasteiger partial charge in [0.2, 0.25) is 0 Å². The maximum absolute atomic E-state index is 12.7. The van der Waals surface area contributed by atoms with E-state index < -0.39 is 0 Å². The average molecular weight is 394 g/mol. The summed E-state index contributed by atoms with van der Waals surface area (Å²) in [6.45, 7) is 3.93. The van der Waals surface area contributed by atoms with Crippen LogP contribution < -0.4 is 4.90 Å². The minimum absolute atomic E-state index is 0.0824. The Bertz CT molecular complexity index is 1000. The molecule has 2 fully saturated rings. The van der Waals surface area contributed by atoms with Crippen molar-refractivity contribution in [3.05, 3.63) is 36.4 Å². The van der Waals surface area contributed by atoms with E-state index in [4.69, 9.17) is 4.74 Å². The lowest BCUT2D eigenvalue weighted by Gasteiger charge is -2.32. The predicted molar refractivity (Wildman–Crippen MR) is 104 cm³/mol. The number of hydrogen-bond donors (Lipinski definition) is 0. The number of carbonyl (C=O) groups excluding carboxylic acids is 1. The molecule has 29 heavy (non-hydrogen) atoms. The monoisotopic (exact) mass is 394 g/mol. The van der Waals surface area contributed by atoms with Gasteiger partial charge in [-0.05, 0) is 25.0 Å². The highest BCUT2D eigenvalue weighted by Crippen LogP contribution is 2.24. The molecule has 0 bridgehead atoms. The number of morpholine rings is 1. The second kappa shape index (κ2) is 7.70. The number of aromatic nitrogens is 6. The zero-order chi connectivity index (χ0) is 19.6. The van der Waals surface area contributed by atoms with E-state index in [0.29, 0.717) is 43.1 Å². The Morgan fingerprint density at radius 1 is 1.14 bits per heavy atom. The summed E-state index contributed by atoms with van der Waals surface area (Å²) < 4.78 is 7.64. The molecule has 5 rings (SSSR count). The molecule has 2 aliphatic heterocycles. The van der Waals surface area contributed by atoms with Crippen molar-refractivity contribution < 1.29 is 9.53 Å². The summed E-state index contributed by atoms with van der Waals surface area (Å²) in [6, 6.07) is 5.35. The van der Waals surface area contributed by atoms with Crippen LogP contribution in [0.3, 0.4) is 0 Å². The molecule has 2 aliphatic rings. The molecule has 0 radical (unpaired) electrons. The highest BCUT2D eigenvalue weighted by atomic mass is 16.5. The van der Waals surface area contributed by atoms with E-state index in [1.807, 2.05) is 6.07 Å². The van der Waals surface area contributed by atoms with Crippen molar-refractivity contribution in [1.29, 1.82) is 0 Å². The first-order chi connectivity index (χ1) is 14.3. The average Bonchev–Trinajstić information content (AvgIpc) is 3.45. The Kier molecular flexibility index (Phi) is 4.76. The minimum atomic E-state index is -0.188. The number of fused-ring (bicyclic) bond motifs is 1. The number of ether oxygens (including phenoxy) is 1. The van der Waals surface area contributed by atoms with E-state index in [1.165, 1.54) is 0 Å². The number of anilines is 1. The van der Waals surface area contributed by atoms with Gasteiger partial charge >= 0.3 is 0 Å². The quantitative estimate of drug-likeness (QED) is 0.639. The topological polar surface area (TPSA) is 102 Å².